The van der Waals surface area contributed by atoms with Crippen molar-refractivity contribution in [3.05, 3.63) is 29.8 Å². The standard InChI is InChI=1S/C15H21NO2S/c1-12-7-9-14(10-8-12)19(17,18)16-11-3-6-15(16)13-4-2-5-13/h7-10,13,15H,2-6,11H2,1H3. The van der Waals surface area contributed by atoms with E-state index in [4.69, 9.17) is 0 Å². The first-order valence-corrected chi connectivity index (χ1v) is 8.61. The molecule has 1 heterocycles. The Morgan fingerprint density at radius 3 is 2.32 bits per heavy atom. The van der Waals surface area contributed by atoms with Gasteiger partial charge in [0.1, 0.15) is 0 Å². The van der Waals surface area contributed by atoms with Crippen LogP contribution in [0.2, 0.25) is 0 Å². The summed E-state index contributed by atoms with van der Waals surface area (Å²) in [6, 6.07) is 7.48. The molecule has 1 aliphatic heterocycles. The van der Waals surface area contributed by atoms with Crippen LogP contribution < -0.4 is 0 Å². The van der Waals surface area contributed by atoms with E-state index in [1.54, 1.807) is 16.4 Å². The molecule has 0 N–H and O–H groups in total. The molecule has 4 heteroatoms. The van der Waals surface area contributed by atoms with Gasteiger partial charge in [-0.05, 0) is 50.7 Å². The summed E-state index contributed by atoms with van der Waals surface area (Å²) < 4.78 is 27.2. The molecule has 3 rings (SSSR count). The summed E-state index contributed by atoms with van der Waals surface area (Å²) in [4.78, 5) is 0.448. The zero-order chi connectivity index (χ0) is 13.5. The summed E-state index contributed by atoms with van der Waals surface area (Å²) in [5.41, 5.74) is 1.09. The molecule has 3 nitrogen and oxygen atoms in total. The van der Waals surface area contributed by atoms with Crippen LogP contribution in [0.5, 0.6) is 0 Å². The Labute approximate surface area is 115 Å². The molecule has 19 heavy (non-hydrogen) atoms. The fourth-order valence-electron chi connectivity index (χ4n) is 3.21. The van der Waals surface area contributed by atoms with Crippen LogP contribution in [-0.4, -0.2) is 25.3 Å². The highest BCUT2D eigenvalue weighted by Crippen LogP contribution is 2.39. The number of hydrogen-bond donors (Lipinski definition) is 0. The lowest BCUT2D eigenvalue weighted by Crippen LogP contribution is -2.42. The molecule has 0 spiro atoms. The Balaban J connectivity index is 1.88. The van der Waals surface area contributed by atoms with Gasteiger partial charge in [-0.2, -0.15) is 4.31 Å². The summed E-state index contributed by atoms with van der Waals surface area (Å²) >= 11 is 0. The van der Waals surface area contributed by atoms with E-state index in [0.29, 0.717) is 17.4 Å². The molecule has 104 valence electrons. The maximum atomic E-state index is 12.7. The van der Waals surface area contributed by atoms with Crippen molar-refractivity contribution >= 4 is 10.0 Å². The first-order chi connectivity index (χ1) is 9.09. The van der Waals surface area contributed by atoms with E-state index >= 15 is 0 Å². The molecule has 2 aliphatic rings. The average Bonchev–Trinajstić information content (AvgIpc) is 2.77. The number of aryl methyl sites for hydroxylation is 1. The van der Waals surface area contributed by atoms with Gasteiger partial charge in [-0.3, -0.25) is 0 Å². The molecule has 1 saturated carbocycles. The maximum Gasteiger partial charge on any atom is 0.243 e. The molecule has 1 saturated heterocycles. The molecular weight excluding hydrogens is 258 g/mol. The highest BCUT2D eigenvalue weighted by molar-refractivity contribution is 7.89. The SMILES string of the molecule is Cc1ccc(S(=O)(=O)N2CCCC2C2CCC2)cc1. The normalized spacial score (nSPS) is 25.4. The lowest BCUT2D eigenvalue weighted by atomic mass is 9.79. The van der Waals surface area contributed by atoms with E-state index in [9.17, 15) is 8.42 Å². The van der Waals surface area contributed by atoms with Crippen LogP contribution in [0.1, 0.15) is 37.7 Å². The van der Waals surface area contributed by atoms with E-state index in [-0.39, 0.29) is 6.04 Å². The van der Waals surface area contributed by atoms with Crippen LogP contribution in [-0.2, 0) is 10.0 Å². The summed E-state index contributed by atoms with van der Waals surface area (Å²) in [6.07, 6.45) is 5.71. The number of nitrogens with zero attached hydrogens (tertiary/aromatic N) is 1. The van der Waals surface area contributed by atoms with Crippen molar-refractivity contribution in [3.63, 3.8) is 0 Å². The Morgan fingerprint density at radius 1 is 1.05 bits per heavy atom. The van der Waals surface area contributed by atoms with E-state index in [2.05, 4.69) is 0 Å². The Kier molecular flexibility index (Phi) is 3.39. The van der Waals surface area contributed by atoms with Crippen LogP contribution >= 0.6 is 0 Å². The maximum absolute atomic E-state index is 12.7. The summed E-state index contributed by atoms with van der Waals surface area (Å²) in [7, 11) is -3.29. The van der Waals surface area contributed by atoms with Crippen LogP contribution in [0.4, 0.5) is 0 Å². The second-order valence-electron chi connectivity index (χ2n) is 5.83. The van der Waals surface area contributed by atoms with E-state index in [1.807, 2.05) is 19.1 Å². The van der Waals surface area contributed by atoms with E-state index in [1.165, 1.54) is 19.3 Å². The van der Waals surface area contributed by atoms with Crippen molar-refractivity contribution in [2.24, 2.45) is 5.92 Å². The first-order valence-electron chi connectivity index (χ1n) is 7.17. The minimum Gasteiger partial charge on any atom is -0.207 e. The predicted octanol–water partition coefficient (Wildman–Crippen LogP) is 2.95. The van der Waals surface area contributed by atoms with Gasteiger partial charge in [0.15, 0.2) is 0 Å². The van der Waals surface area contributed by atoms with Gasteiger partial charge in [0.25, 0.3) is 0 Å². The van der Waals surface area contributed by atoms with Gasteiger partial charge >= 0.3 is 0 Å². The third-order valence-electron chi connectivity index (χ3n) is 4.57. The van der Waals surface area contributed by atoms with Crippen LogP contribution in [0.25, 0.3) is 0 Å². The van der Waals surface area contributed by atoms with E-state index < -0.39 is 10.0 Å². The molecule has 0 aromatic heterocycles. The lowest BCUT2D eigenvalue weighted by molar-refractivity contribution is 0.191. The number of sulfonamides is 1. The largest absolute Gasteiger partial charge is 0.243 e. The fraction of sp³-hybridized carbons (Fsp3) is 0.600. The molecule has 0 amide bonds. The molecule has 1 atom stereocenters. The van der Waals surface area contributed by atoms with Crippen LogP contribution in [0, 0.1) is 12.8 Å². The highest BCUT2D eigenvalue weighted by atomic mass is 32.2. The van der Waals surface area contributed by atoms with Crippen molar-refractivity contribution in [1.29, 1.82) is 0 Å². The Hall–Kier alpha value is -0.870. The van der Waals surface area contributed by atoms with Gasteiger partial charge in [-0.15, -0.1) is 0 Å². The molecule has 1 aromatic rings. The minimum atomic E-state index is -3.29. The van der Waals surface area contributed by atoms with Crippen molar-refractivity contribution < 1.29 is 8.42 Å². The summed E-state index contributed by atoms with van der Waals surface area (Å²) in [5.74, 6) is 0.600. The van der Waals surface area contributed by atoms with Crippen molar-refractivity contribution in [2.45, 2.75) is 50.0 Å². The number of benzene rings is 1. The third kappa shape index (κ3) is 2.32. The second kappa shape index (κ2) is 4.91. The Bertz CT molecular complexity index is 546. The monoisotopic (exact) mass is 279 g/mol. The summed E-state index contributed by atoms with van der Waals surface area (Å²) in [5, 5.41) is 0. The average molecular weight is 279 g/mol. The first kappa shape index (κ1) is 13.1. The lowest BCUT2D eigenvalue weighted by Gasteiger charge is -2.36. The fourth-order valence-corrected chi connectivity index (χ4v) is 4.96. The quantitative estimate of drug-likeness (QED) is 0.853. The van der Waals surface area contributed by atoms with Gasteiger partial charge in [-0.1, -0.05) is 24.1 Å². The number of rotatable bonds is 3. The Morgan fingerprint density at radius 2 is 1.74 bits per heavy atom. The minimum absolute atomic E-state index is 0.250. The van der Waals surface area contributed by atoms with Crippen LogP contribution in [0.15, 0.2) is 29.2 Å². The predicted molar refractivity (Wildman–Crippen MR) is 75.4 cm³/mol. The van der Waals surface area contributed by atoms with Crippen molar-refractivity contribution in [3.8, 4) is 0 Å². The van der Waals surface area contributed by atoms with Gasteiger partial charge in [-0.25, -0.2) is 8.42 Å². The molecule has 1 aromatic carbocycles. The smallest absolute Gasteiger partial charge is 0.207 e. The molecule has 1 aliphatic carbocycles. The molecule has 0 bridgehead atoms. The van der Waals surface area contributed by atoms with Crippen LogP contribution in [0.3, 0.4) is 0 Å². The molecule has 0 radical (unpaired) electrons. The topological polar surface area (TPSA) is 37.4 Å². The second-order valence-corrected chi connectivity index (χ2v) is 7.72. The van der Waals surface area contributed by atoms with Gasteiger partial charge in [0.05, 0.1) is 4.90 Å². The summed E-state index contributed by atoms with van der Waals surface area (Å²) in [6.45, 7) is 2.67. The van der Waals surface area contributed by atoms with Gasteiger partial charge in [0.2, 0.25) is 10.0 Å². The number of hydrogen-bond acceptors (Lipinski definition) is 2. The molecule has 2 fully saturated rings. The van der Waals surface area contributed by atoms with Crippen molar-refractivity contribution in [1.82, 2.24) is 4.31 Å². The van der Waals surface area contributed by atoms with Crippen molar-refractivity contribution in [2.75, 3.05) is 6.54 Å². The zero-order valence-electron chi connectivity index (χ0n) is 11.4. The van der Waals surface area contributed by atoms with E-state index in [0.717, 1.165) is 18.4 Å². The zero-order valence-corrected chi connectivity index (χ0v) is 12.2. The third-order valence-corrected chi connectivity index (χ3v) is 6.51. The van der Waals surface area contributed by atoms with Gasteiger partial charge in [0, 0.05) is 12.6 Å². The molecule has 1 unspecified atom stereocenters. The van der Waals surface area contributed by atoms with Gasteiger partial charge < -0.3 is 0 Å². The molecular formula is C15H21NO2S. The highest BCUT2D eigenvalue weighted by Gasteiger charge is 2.41.